The summed E-state index contributed by atoms with van der Waals surface area (Å²) in [6.45, 7) is 0. The van der Waals surface area contributed by atoms with Crippen molar-refractivity contribution in [3.8, 4) is 0 Å². The van der Waals surface area contributed by atoms with E-state index in [4.69, 9.17) is 0 Å². The van der Waals surface area contributed by atoms with E-state index >= 15 is 0 Å². The molecule has 0 radical (unpaired) electrons. The number of nitrogens with zero attached hydrogens (tertiary/aromatic N) is 3. The minimum Gasteiger partial charge on any atom is -0.323 e. The van der Waals surface area contributed by atoms with Crippen LogP contribution in [0.25, 0.3) is 0 Å². The Morgan fingerprint density at radius 3 is 0.967 bits per heavy atom. The van der Waals surface area contributed by atoms with Gasteiger partial charge in [0.25, 0.3) is 0 Å². The quantitative estimate of drug-likeness (QED) is 0.203. The maximum atomic E-state index is 4.50. The van der Waals surface area contributed by atoms with Crippen LogP contribution in [0.4, 0.5) is 34.9 Å². The van der Waals surface area contributed by atoms with Crippen molar-refractivity contribution in [3.63, 3.8) is 0 Å². The van der Waals surface area contributed by atoms with Crippen LogP contribution in [0.15, 0.2) is 87.5 Å². The fourth-order valence-electron chi connectivity index (χ4n) is 2.64. The van der Waals surface area contributed by atoms with Crippen LogP contribution in [0.2, 0.25) is 0 Å². The number of benzene rings is 3. The van der Waals surface area contributed by atoms with E-state index in [1.54, 1.807) is 0 Å². The van der Waals surface area contributed by atoms with Crippen LogP contribution in [0.1, 0.15) is 0 Å². The molecule has 0 bridgehead atoms. The van der Waals surface area contributed by atoms with Gasteiger partial charge in [0.15, 0.2) is 0 Å². The van der Waals surface area contributed by atoms with Crippen molar-refractivity contribution in [1.82, 2.24) is 15.0 Å². The van der Waals surface area contributed by atoms with E-state index in [0.717, 1.165) is 31.7 Å². The van der Waals surface area contributed by atoms with Gasteiger partial charge >= 0.3 is 0 Å². The van der Waals surface area contributed by atoms with Gasteiger partial charge in [-0.05, 0) is 36.4 Å². The predicted octanol–water partition coefficient (Wildman–Crippen LogP) is 5.97. The molecule has 0 fully saturated rings. The minimum atomic E-state index is 0.366. The zero-order valence-corrected chi connectivity index (χ0v) is 18.3. The summed E-state index contributed by atoms with van der Waals surface area (Å²) in [6, 6.07) is 22.8. The Kier molecular flexibility index (Phi) is 6.32. The smallest absolute Gasteiger partial charge is 0.233 e. The van der Waals surface area contributed by atoms with E-state index in [1.165, 1.54) is 0 Å². The normalized spacial score (nSPS) is 10.5. The minimum absolute atomic E-state index is 0.366. The Hall–Kier alpha value is -2.88. The van der Waals surface area contributed by atoms with Crippen LogP contribution in [0.5, 0.6) is 0 Å². The molecule has 0 saturated heterocycles. The second-order valence-electron chi connectivity index (χ2n) is 6.23. The van der Waals surface area contributed by atoms with Gasteiger partial charge in [-0.2, -0.15) is 15.0 Å². The summed E-state index contributed by atoms with van der Waals surface area (Å²) >= 11 is 13.4. The molecule has 3 aromatic carbocycles. The molecule has 0 spiro atoms. The molecule has 6 nitrogen and oxygen atoms in total. The third kappa shape index (κ3) is 4.99. The first kappa shape index (κ1) is 20.4. The molecule has 0 unspecified atom stereocenters. The number of rotatable bonds is 6. The molecule has 3 N–H and O–H groups in total. The van der Waals surface area contributed by atoms with E-state index in [-0.39, 0.29) is 0 Å². The predicted molar refractivity (Wildman–Crippen MR) is 131 cm³/mol. The zero-order valence-electron chi connectivity index (χ0n) is 15.6. The van der Waals surface area contributed by atoms with Gasteiger partial charge < -0.3 is 16.0 Å². The lowest BCUT2D eigenvalue weighted by atomic mass is 10.3. The maximum Gasteiger partial charge on any atom is 0.233 e. The monoisotopic (exact) mass is 450 g/mol. The Balaban J connectivity index is 1.70. The Labute approximate surface area is 190 Å². The van der Waals surface area contributed by atoms with Crippen molar-refractivity contribution < 1.29 is 0 Å². The van der Waals surface area contributed by atoms with Gasteiger partial charge in [0, 0.05) is 14.7 Å². The molecule has 30 heavy (non-hydrogen) atoms. The van der Waals surface area contributed by atoms with Gasteiger partial charge in [0.2, 0.25) is 17.8 Å². The molecular formula is C21H18N6S3. The summed E-state index contributed by atoms with van der Waals surface area (Å²) in [5.41, 5.74) is 2.36. The fraction of sp³-hybridized carbons (Fsp3) is 0. The molecule has 0 aliphatic rings. The number of nitrogens with one attached hydrogen (secondary N) is 3. The third-order valence-corrected chi connectivity index (χ3v) is 5.26. The summed E-state index contributed by atoms with van der Waals surface area (Å²) < 4.78 is 0. The molecule has 0 aliphatic heterocycles. The van der Waals surface area contributed by atoms with Crippen LogP contribution in [0, 0.1) is 0 Å². The van der Waals surface area contributed by atoms with Crippen LogP contribution >= 0.6 is 37.9 Å². The van der Waals surface area contributed by atoms with Gasteiger partial charge in [-0.15, -0.1) is 37.9 Å². The maximum absolute atomic E-state index is 4.50. The Morgan fingerprint density at radius 1 is 0.433 bits per heavy atom. The fourth-order valence-corrected chi connectivity index (χ4v) is 3.29. The molecule has 9 heteroatoms. The van der Waals surface area contributed by atoms with Gasteiger partial charge in [0.05, 0.1) is 17.1 Å². The lowest BCUT2D eigenvalue weighted by Crippen LogP contribution is -2.08. The largest absolute Gasteiger partial charge is 0.323 e. The van der Waals surface area contributed by atoms with E-state index in [2.05, 4.69) is 68.8 Å². The SMILES string of the molecule is Sc1ccccc1Nc1nc(Nc2ccccc2S)nc(Nc2ccccc2S)n1. The first-order valence-electron chi connectivity index (χ1n) is 8.99. The molecule has 4 rings (SSSR count). The summed E-state index contributed by atoms with van der Waals surface area (Å²) in [5.74, 6) is 1.10. The average Bonchev–Trinajstić information content (AvgIpc) is 2.73. The highest BCUT2D eigenvalue weighted by molar-refractivity contribution is 7.80. The second-order valence-corrected chi connectivity index (χ2v) is 7.68. The summed E-state index contributed by atoms with van der Waals surface area (Å²) in [7, 11) is 0. The van der Waals surface area contributed by atoms with Crippen molar-refractivity contribution in [2.24, 2.45) is 0 Å². The zero-order chi connectivity index (χ0) is 20.9. The van der Waals surface area contributed by atoms with E-state index in [9.17, 15) is 0 Å². The molecular weight excluding hydrogens is 432 g/mol. The average molecular weight is 451 g/mol. The number of hydrogen-bond donors (Lipinski definition) is 6. The molecule has 1 aromatic heterocycles. The molecule has 0 atom stereocenters. The number of anilines is 6. The number of para-hydroxylation sites is 3. The van der Waals surface area contributed by atoms with Crippen molar-refractivity contribution in [2.45, 2.75) is 14.7 Å². The highest BCUT2D eigenvalue weighted by Crippen LogP contribution is 2.27. The number of hydrogen-bond acceptors (Lipinski definition) is 9. The van der Waals surface area contributed by atoms with E-state index < -0.39 is 0 Å². The van der Waals surface area contributed by atoms with Crippen molar-refractivity contribution in [2.75, 3.05) is 16.0 Å². The third-order valence-electron chi connectivity index (χ3n) is 4.09. The molecule has 0 aliphatic carbocycles. The Bertz CT molecular complexity index is 1030. The molecule has 0 amide bonds. The van der Waals surface area contributed by atoms with Gasteiger partial charge in [0.1, 0.15) is 0 Å². The summed E-state index contributed by atoms with van der Waals surface area (Å²) in [4.78, 5) is 15.8. The van der Waals surface area contributed by atoms with Gasteiger partial charge in [-0.1, -0.05) is 36.4 Å². The highest BCUT2D eigenvalue weighted by Gasteiger charge is 2.11. The van der Waals surface area contributed by atoms with Crippen LogP contribution in [0.3, 0.4) is 0 Å². The van der Waals surface area contributed by atoms with E-state index in [0.29, 0.717) is 17.8 Å². The van der Waals surface area contributed by atoms with Crippen LogP contribution < -0.4 is 16.0 Å². The van der Waals surface area contributed by atoms with Crippen LogP contribution in [-0.4, -0.2) is 15.0 Å². The lowest BCUT2D eigenvalue weighted by Gasteiger charge is -2.13. The Morgan fingerprint density at radius 2 is 0.700 bits per heavy atom. The second kappa shape index (κ2) is 9.29. The van der Waals surface area contributed by atoms with Crippen molar-refractivity contribution in [1.29, 1.82) is 0 Å². The topological polar surface area (TPSA) is 74.8 Å². The molecule has 4 aromatic rings. The first-order valence-corrected chi connectivity index (χ1v) is 10.3. The lowest BCUT2D eigenvalue weighted by molar-refractivity contribution is 1.06. The summed E-state index contributed by atoms with van der Waals surface area (Å²) in [5, 5.41) is 9.59. The van der Waals surface area contributed by atoms with Crippen LogP contribution in [-0.2, 0) is 0 Å². The standard InChI is InChI=1S/C21H18N6S3/c28-16-10-4-1-7-13(16)22-19-25-20(23-14-8-2-5-11-17(14)29)27-21(26-19)24-15-9-3-6-12-18(15)30/h1-12,28-30H,(H3,22,23,24,25,26,27). The molecule has 1 heterocycles. The van der Waals surface area contributed by atoms with Gasteiger partial charge in [-0.25, -0.2) is 0 Å². The number of aromatic nitrogens is 3. The number of thiol groups is 3. The highest BCUT2D eigenvalue weighted by atomic mass is 32.1. The van der Waals surface area contributed by atoms with E-state index in [1.807, 2.05) is 72.8 Å². The molecule has 150 valence electrons. The van der Waals surface area contributed by atoms with Crippen molar-refractivity contribution >= 4 is 72.8 Å². The summed E-state index contributed by atoms with van der Waals surface area (Å²) in [6.07, 6.45) is 0. The van der Waals surface area contributed by atoms with Gasteiger partial charge in [-0.3, -0.25) is 0 Å². The first-order chi connectivity index (χ1) is 14.6. The molecule has 0 saturated carbocycles. The van der Waals surface area contributed by atoms with Crippen molar-refractivity contribution in [3.05, 3.63) is 72.8 Å².